The van der Waals surface area contributed by atoms with Crippen molar-refractivity contribution in [2.24, 2.45) is 0 Å². The molecule has 1 aromatic heterocycles. The first-order valence-corrected chi connectivity index (χ1v) is 6.34. The maximum atomic E-state index is 11.6. The standard InChI is InChI=1S/C11H16ClNO2S/c1-8(14)3-6-11(15)13(2)7-9-4-5-10(12)16-9/h4-5,8,14H,3,6-7H2,1-2H3. The Morgan fingerprint density at radius 3 is 2.81 bits per heavy atom. The zero-order valence-electron chi connectivity index (χ0n) is 9.44. The minimum atomic E-state index is -0.423. The molecule has 1 atom stereocenters. The molecule has 1 rings (SSSR count). The number of rotatable bonds is 5. The quantitative estimate of drug-likeness (QED) is 0.885. The van der Waals surface area contributed by atoms with Gasteiger partial charge in [0.25, 0.3) is 0 Å². The van der Waals surface area contributed by atoms with Crippen LogP contribution in [0.15, 0.2) is 12.1 Å². The van der Waals surface area contributed by atoms with E-state index in [0.717, 1.165) is 9.21 Å². The molecule has 1 N–H and O–H groups in total. The van der Waals surface area contributed by atoms with Crippen LogP contribution in [-0.4, -0.2) is 29.1 Å². The van der Waals surface area contributed by atoms with Gasteiger partial charge in [0, 0.05) is 18.3 Å². The third kappa shape index (κ3) is 4.51. The lowest BCUT2D eigenvalue weighted by Crippen LogP contribution is -2.26. The van der Waals surface area contributed by atoms with Gasteiger partial charge in [-0.2, -0.15) is 0 Å². The number of hydrogen-bond acceptors (Lipinski definition) is 3. The predicted molar refractivity (Wildman–Crippen MR) is 66.7 cm³/mol. The number of aliphatic hydroxyl groups is 1. The Bertz CT molecular complexity index is 352. The van der Waals surface area contributed by atoms with E-state index in [-0.39, 0.29) is 5.91 Å². The van der Waals surface area contributed by atoms with Crippen LogP contribution in [0, 0.1) is 0 Å². The first-order valence-electron chi connectivity index (χ1n) is 5.15. The molecule has 0 aliphatic rings. The smallest absolute Gasteiger partial charge is 0.222 e. The highest BCUT2D eigenvalue weighted by atomic mass is 35.5. The molecule has 0 radical (unpaired) electrons. The van der Waals surface area contributed by atoms with Crippen molar-refractivity contribution >= 4 is 28.8 Å². The van der Waals surface area contributed by atoms with Gasteiger partial charge in [0.2, 0.25) is 5.91 Å². The summed E-state index contributed by atoms with van der Waals surface area (Å²) in [5.74, 6) is 0.0467. The van der Waals surface area contributed by atoms with Crippen LogP contribution in [0.25, 0.3) is 0 Å². The van der Waals surface area contributed by atoms with Crippen molar-refractivity contribution in [2.75, 3.05) is 7.05 Å². The molecule has 1 aromatic rings. The SMILES string of the molecule is CC(O)CCC(=O)N(C)Cc1ccc(Cl)s1. The minimum Gasteiger partial charge on any atom is -0.393 e. The second kappa shape index (κ2) is 6.23. The summed E-state index contributed by atoms with van der Waals surface area (Å²) in [6.07, 6.45) is 0.468. The van der Waals surface area contributed by atoms with E-state index in [1.807, 2.05) is 12.1 Å². The molecule has 16 heavy (non-hydrogen) atoms. The summed E-state index contributed by atoms with van der Waals surface area (Å²) in [4.78, 5) is 14.4. The molecule has 0 fully saturated rings. The normalized spacial score (nSPS) is 12.5. The topological polar surface area (TPSA) is 40.5 Å². The number of halogens is 1. The lowest BCUT2D eigenvalue weighted by molar-refractivity contribution is -0.130. The molecule has 1 unspecified atom stereocenters. The van der Waals surface area contributed by atoms with Gasteiger partial charge in [0.1, 0.15) is 0 Å². The van der Waals surface area contributed by atoms with Crippen LogP contribution in [-0.2, 0) is 11.3 Å². The lowest BCUT2D eigenvalue weighted by Gasteiger charge is -2.16. The largest absolute Gasteiger partial charge is 0.393 e. The Hall–Kier alpha value is -0.580. The number of amides is 1. The van der Waals surface area contributed by atoms with Crippen molar-refractivity contribution in [3.05, 3.63) is 21.3 Å². The summed E-state index contributed by atoms with van der Waals surface area (Å²) < 4.78 is 0.736. The van der Waals surface area contributed by atoms with Gasteiger partial charge in [0.05, 0.1) is 17.0 Å². The molecule has 0 spiro atoms. The fourth-order valence-corrected chi connectivity index (χ4v) is 2.42. The third-order valence-electron chi connectivity index (χ3n) is 2.22. The van der Waals surface area contributed by atoms with Gasteiger partial charge in [-0.05, 0) is 25.5 Å². The summed E-state index contributed by atoms with van der Waals surface area (Å²) in [7, 11) is 1.76. The average Bonchev–Trinajstić information content (AvgIpc) is 2.60. The van der Waals surface area contributed by atoms with Crippen molar-refractivity contribution in [1.29, 1.82) is 0 Å². The van der Waals surface area contributed by atoms with Crippen molar-refractivity contribution in [1.82, 2.24) is 4.90 Å². The third-order valence-corrected chi connectivity index (χ3v) is 3.44. The van der Waals surface area contributed by atoms with E-state index in [1.165, 1.54) is 11.3 Å². The van der Waals surface area contributed by atoms with Crippen LogP contribution >= 0.6 is 22.9 Å². The average molecular weight is 262 g/mol. The van der Waals surface area contributed by atoms with Gasteiger partial charge in [-0.3, -0.25) is 4.79 Å². The Morgan fingerprint density at radius 2 is 2.31 bits per heavy atom. The van der Waals surface area contributed by atoms with Gasteiger partial charge in [-0.25, -0.2) is 0 Å². The fraction of sp³-hybridized carbons (Fsp3) is 0.545. The second-order valence-electron chi connectivity index (χ2n) is 3.84. The highest BCUT2D eigenvalue weighted by Crippen LogP contribution is 2.22. The van der Waals surface area contributed by atoms with Crippen molar-refractivity contribution < 1.29 is 9.90 Å². The monoisotopic (exact) mass is 261 g/mol. The van der Waals surface area contributed by atoms with Crippen LogP contribution < -0.4 is 0 Å². The second-order valence-corrected chi connectivity index (χ2v) is 5.64. The molecule has 0 bridgehead atoms. The molecule has 0 saturated carbocycles. The summed E-state index contributed by atoms with van der Waals surface area (Å²) in [5.41, 5.74) is 0. The maximum Gasteiger partial charge on any atom is 0.222 e. The van der Waals surface area contributed by atoms with E-state index in [4.69, 9.17) is 16.7 Å². The lowest BCUT2D eigenvalue weighted by atomic mass is 10.2. The number of nitrogens with zero attached hydrogens (tertiary/aromatic N) is 1. The summed E-state index contributed by atoms with van der Waals surface area (Å²) in [5, 5.41) is 9.09. The number of carbonyl (C=O) groups is 1. The van der Waals surface area contributed by atoms with Crippen molar-refractivity contribution in [3.63, 3.8) is 0 Å². The van der Waals surface area contributed by atoms with E-state index in [1.54, 1.807) is 18.9 Å². The molecule has 0 saturated heterocycles. The Labute approximate surface area is 105 Å². The molecule has 3 nitrogen and oxygen atoms in total. The zero-order chi connectivity index (χ0) is 12.1. The van der Waals surface area contributed by atoms with Crippen LogP contribution in [0.5, 0.6) is 0 Å². The molecular formula is C11H16ClNO2S. The number of carbonyl (C=O) groups excluding carboxylic acids is 1. The van der Waals surface area contributed by atoms with Crippen LogP contribution in [0.4, 0.5) is 0 Å². The van der Waals surface area contributed by atoms with E-state index in [2.05, 4.69) is 0 Å². The molecule has 0 aliphatic carbocycles. The van der Waals surface area contributed by atoms with E-state index >= 15 is 0 Å². The summed E-state index contributed by atoms with van der Waals surface area (Å²) in [6.45, 7) is 2.27. The van der Waals surface area contributed by atoms with Crippen LogP contribution in [0.1, 0.15) is 24.6 Å². The Balaban J connectivity index is 2.39. The summed E-state index contributed by atoms with van der Waals surface area (Å²) in [6, 6.07) is 3.75. The number of aliphatic hydroxyl groups excluding tert-OH is 1. The van der Waals surface area contributed by atoms with Gasteiger partial charge in [-0.15, -0.1) is 11.3 Å². The highest BCUT2D eigenvalue weighted by molar-refractivity contribution is 7.16. The number of thiophene rings is 1. The molecule has 5 heteroatoms. The summed E-state index contributed by atoms with van der Waals surface area (Å²) >= 11 is 7.29. The van der Waals surface area contributed by atoms with E-state index in [0.29, 0.717) is 19.4 Å². The molecule has 0 aromatic carbocycles. The molecule has 1 amide bonds. The minimum absolute atomic E-state index is 0.0467. The number of hydrogen-bond donors (Lipinski definition) is 1. The van der Waals surface area contributed by atoms with Crippen molar-refractivity contribution in [3.8, 4) is 0 Å². The Morgan fingerprint density at radius 1 is 1.62 bits per heavy atom. The molecule has 0 aliphatic heterocycles. The Kier molecular flexibility index (Phi) is 5.25. The van der Waals surface area contributed by atoms with Gasteiger partial charge < -0.3 is 10.0 Å². The van der Waals surface area contributed by atoms with E-state index < -0.39 is 6.10 Å². The molecular weight excluding hydrogens is 246 g/mol. The predicted octanol–water partition coefficient (Wildman–Crippen LogP) is 2.52. The maximum absolute atomic E-state index is 11.6. The van der Waals surface area contributed by atoms with Crippen molar-refractivity contribution in [2.45, 2.75) is 32.4 Å². The van der Waals surface area contributed by atoms with Gasteiger partial charge in [-0.1, -0.05) is 11.6 Å². The van der Waals surface area contributed by atoms with Crippen LogP contribution in [0.2, 0.25) is 4.34 Å². The fourth-order valence-electron chi connectivity index (χ4n) is 1.28. The van der Waals surface area contributed by atoms with Gasteiger partial charge >= 0.3 is 0 Å². The van der Waals surface area contributed by atoms with Crippen LogP contribution in [0.3, 0.4) is 0 Å². The van der Waals surface area contributed by atoms with E-state index in [9.17, 15) is 4.79 Å². The highest BCUT2D eigenvalue weighted by Gasteiger charge is 2.11. The zero-order valence-corrected chi connectivity index (χ0v) is 11.0. The van der Waals surface area contributed by atoms with Gasteiger partial charge in [0.15, 0.2) is 0 Å². The first-order chi connectivity index (χ1) is 7.49. The molecule has 90 valence electrons. The first kappa shape index (κ1) is 13.5. The molecule has 1 heterocycles.